The van der Waals surface area contributed by atoms with Gasteiger partial charge < -0.3 is 14.5 Å². The zero-order valence-electron chi connectivity index (χ0n) is 21.9. The molecule has 1 amide bonds. The van der Waals surface area contributed by atoms with Gasteiger partial charge in [0.1, 0.15) is 5.75 Å². The van der Waals surface area contributed by atoms with Crippen LogP contribution in [0.25, 0.3) is 0 Å². The molecule has 0 bridgehead atoms. The average molecular weight is 477 g/mol. The Morgan fingerprint density at radius 3 is 2.43 bits per heavy atom. The van der Waals surface area contributed by atoms with Crippen molar-refractivity contribution >= 4 is 17.4 Å². The van der Waals surface area contributed by atoms with Crippen LogP contribution < -0.4 is 9.64 Å². The minimum atomic E-state index is -0.864. The molecule has 0 N–H and O–H groups in total. The van der Waals surface area contributed by atoms with Gasteiger partial charge in [-0.3, -0.25) is 9.59 Å². The van der Waals surface area contributed by atoms with E-state index in [4.69, 9.17) is 4.74 Å². The Kier molecular flexibility index (Phi) is 7.53. The summed E-state index contributed by atoms with van der Waals surface area (Å²) in [7, 11) is 0. The molecule has 1 saturated heterocycles. The summed E-state index contributed by atoms with van der Waals surface area (Å²) in [6.07, 6.45) is 4.13. The molecule has 1 saturated carbocycles. The van der Waals surface area contributed by atoms with Crippen LogP contribution in [0, 0.1) is 5.92 Å². The standard InChI is InChI=1S/C30H40N2O3/c1-21(2)24-13-11-23(12-14-24)19-32(26-15-16-26)29(34)25-8-7-17-31(20-25)27-9-6-10-28(18-27)35-30(4,5)22(3)33/h6,9-14,18,21,25-26H,7-8,15-17,19-20H2,1-5H3. The summed E-state index contributed by atoms with van der Waals surface area (Å²) in [4.78, 5) is 30.0. The number of nitrogens with zero attached hydrogens (tertiary/aromatic N) is 2. The first kappa shape index (κ1) is 25.3. The largest absolute Gasteiger partial charge is 0.480 e. The van der Waals surface area contributed by atoms with Gasteiger partial charge in [-0.05, 0) is 75.6 Å². The molecule has 0 spiro atoms. The van der Waals surface area contributed by atoms with Crippen LogP contribution >= 0.6 is 0 Å². The van der Waals surface area contributed by atoms with E-state index in [1.807, 2.05) is 18.2 Å². The van der Waals surface area contributed by atoms with E-state index >= 15 is 0 Å². The van der Waals surface area contributed by atoms with Crippen molar-refractivity contribution in [2.24, 2.45) is 5.92 Å². The number of amides is 1. The highest BCUT2D eigenvalue weighted by atomic mass is 16.5. The van der Waals surface area contributed by atoms with E-state index in [2.05, 4.69) is 54.0 Å². The van der Waals surface area contributed by atoms with E-state index in [0.717, 1.165) is 37.9 Å². The fourth-order valence-electron chi connectivity index (χ4n) is 4.74. The Morgan fingerprint density at radius 2 is 1.80 bits per heavy atom. The molecule has 2 fully saturated rings. The lowest BCUT2D eigenvalue weighted by Gasteiger charge is -2.36. The van der Waals surface area contributed by atoms with Crippen LogP contribution in [0.5, 0.6) is 5.75 Å². The monoisotopic (exact) mass is 476 g/mol. The lowest BCUT2D eigenvalue weighted by molar-refractivity contribution is -0.137. The van der Waals surface area contributed by atoms with Gasteiger partial charge in [0.25, 0.3) is 0 Å². The van der Waals surface area contributed by atoms with Crippen molar-refractivity contribution in [3.63, 3.8) is 0 Å². The first-order valence-electron chi connectivity index (χ1n) is 13.1. The van der Waals surface area contributed by atoms with Gasteiger partial charge >= 0.3 is 0 Å². The quantitative estimate of drug-likeness (QED) is 0.448. The van der Waals surface area contributed by atoms with Gasteiger partial charge in [0.2, 0.25) is 5.91 Å². The predicted molar refractivity (Wildman–Crippen MR) is 141 cm³/mol. The van der Waals surface area contributed by atoms with E-state index in [1.54, 1.807) is 20.8 Å². The highest BCUT2D eigenvalue weighted by Gasteiger charge is 2.37. The molecule has 2 aromatic carbocycles. The molecule has 188 valence electrons. The second kappa shape index (κ2) is 10.4. The second-order valence-electron chi connectivity index (χ2n) is 11.0. The van der Waals surface area contributed by atoms with E-state index in [9.17, 15) is 9.59 Å². The van der Waals surface area contributed by atoms with Crippen LogP contribution in [0.1, 0.15) is 77.3 Å². The summed E-state index contributed by atoms with van der Waals surface area (Å²) < 4.78 is 5.99. The van der Waals surface area contributed by atoms with E-state index < -0.39 is 5.60 Å². The van der Waals surface area contributed by atoms with E-state index in [-0.39, 0.29) is 17.6 Å². The SMILES string of the molecule is CC(=O)C(C)(C)Oc1cccc(N2CCCC(C(=O)N(Cc3ccc(C(C)C)cc3)C3CC3)C2)c1. The summed E-state index contributed by atoms with van der Waals surface area (Å²) in [6, 6.07) is 17.0. The van der Waals surface area contributed by atoms with Crippen LogP contribution in [-0.4, -0.2) is 41.3 Å². The maximum absolute atomic E-state index is 13.7. The number of piperidine rings is 1. The number of ether oxygens (including phenoxy) is 1. The smallest absolute Gasteiger partial charge is 0.228 e. The molecule has 1 heterocycles. The molecule has 2 aliphatic rings. The predicted octanol–water partition coefficient (Wildman–Crippen LogP) is 5.96. The van der Waals surface area contributed by atoms with Crippen molar-refractivity contribution < 1.29 is 14.3 Å². The summed E-state index contributed by atoms with van der Waals surface area (Å²) in [5, 5.41) is 0. The Bertz CT molecular complexity index is 1040. The molecule has 1 aliphatic carbocycles. The first-order valence-corrected chi connectivity index (χ1v) is 13.1. The Morgan fingerprint density at radius 1 is 1.09 bits per heavy atom. The Labute approximate surface area is 210 Å². The van der Waals surface area contributed by atoms with Gasteiger partial charge in [0.05, 0.1) is 5.92 Å². The zero-order chi connectivity index (χ0) is 25.2. The minimum Gasteiger partial charge on any atom is -0.480 e. The summed E-state index contributed by atoms with van der Waals surface area (Å²) in [5.41, 5.74) is 2.72. The number of carbonyl (C=O) groups excluding carboxylic acids is 2. The summed E-state index contributed by atoms with van der Waals surface area (Å²) >= 11 is 0. The molecule has 0 aromatic heterocycles. The average Bonchev–Trinajstić information content (AvgIpc) is 3.68. The molecule has 1 aliphatic heterocycles. The van der Waals surface area contributed by atoms with E-state index in [1.165, 1.54) is 11.1 Å². The number of carbonyl (C=O) groups is 2. The fourth-order valence-corrected chi connectivity index (χ4v) is 4.74. The van der Waals surface area contributed by atoms with Crippen molar-refractivity contribution in [3.8, 4) is 5.75 Å². The highest BCUT2D eigenvalue weighted by Crippen LogP contribution is 2.33. The third-order valence-corrected chi connectivity index (χ3v) is 7.44. The van der Waals surface area contributed by atoms with Gasteiger partial charge in [-0.2, -0.15) is 0 Å². The van der Waals surface area contributed by atoms with Crippen molar-refractivity contribution in [1.29, 1.82) is 0 Å². The summed E-state index contributed by atoms with van der Waals surface area (Å²) in [5.74, 6) is 1.47. The van der Waals surface area contributed by atoms with Crippen LogP contribution in [0.15, 0.2) is 48.5 Å². The van der Waals surface area contributed by atoms with Crippen LogP contribution in [-0.2, 0) is 16.1 Å². The minimum absolute atomic E-state index is 0.00229. The molecule has 4 rings (SSSR count). The zero-order valence-corrected chi connectivity index (χ0v) is 21.9. The maximum Gasteiger partial charge on any atom is 0.228 e. The van der Waals surface area contributed by atoms with Gasteiger partial charge in [-0.15, -0.1) is 0 Å². The summed E-state index contributed by atoms with van der Waals surface area (Å²) in [6.45, 7) is 11.9. The molecule has 1 unspecified atom stereocenters. The Hall–Kier alpha value is -2.82. The number of hydrogen-bond acceptors (Lipinski definition) is 4. The highest BCUT2D eigenvalue weighted by molar-refractivity contribution is 5.84. The number of rotatable bonds is 9. The molecular formula is C30H40N2O3. The van der Waals surface area contributed by atoms with Gasteiger partial charge in [-0.25, -0.2) is 0 Å². The third-order valence-electron chi connectivity index (χ3n) is 7.44. The maximum atomic E-state index is 13.7. The molecule has 0 radical (unpaired) electrons. The lowest BCUT2D eigenvalue weighted by atomic mass is 9.95. The molecule has 5 heteroatoms. The Balaban J connectivity index is 1.44. The van der Waals surface area contributed by atoms with Gasteiger partial charge in [-0.1, -0.05) is 44.2 Å². The van der Waals surface area contributed by atoms with Crippen LogP contribution in [0.2, 0.25) is 0 Å². The normalized spacial score (nSPS) is 18.5. The van der Waals surface area contributed by atoms with Crippen LogP contribution in [0.4, 0.5) is 5.69 Å². The number of hydrogen-bond donors (Lipinski definition) is 0. The van der Waals surface area contributed by atoms with Crippen molar-refractivity contribution in [2.45, 2.75) is 84.4 Å². The molecule has 2 aromatic rings. The van der Waals surface area contributed by atoms with Gasteiger partial charge in [0.15, 0.2) is 11.4 Å². The van der Waals surface area contributed by atoms with Crippen molar-refractivity contribution in [1.82, 2.24) is 4.90 Å². The van der Waals surface area contributed by atoms with Gasteiger partial charge in [0, 0.05) is 37.4 Å². The van der Waals surface area contributed by atoms with Crippen LogP contribution in [0.3, 0.4) is 0 Å². The van der Waals surface area contributed by atoms with E-state index in [0.29, 0.717) is 30.8 Å². The second-order valence-corrected chi connectivity index (χ2v) is 11.0. The molecular weight excluding hydrogens is 436 g/mol. The number of anilines is 1. The number of benzene rings is 2. The number of Topliss-reactive ketones (excluding diaryl/α,β-unsaturated/α-hetero) is 1. The first-order chi connectivity index (χ1) is 16.6. The fraction of sp³-hybridized carbons (Fsp3) is 0.533. The number of ketones is 1. The topological polar surface area (TPSA) is 49.9 Å². The molecule has 1 atom stereocenters. The lowest BCUT2D eigenvalue weighted by Crippen LogP contribution is -2.45. The van der Waals surface area contributed by atoms with Crippen molar-refractivity contribution in [3.05, 3.63) is 59.7 Å². The van der Waals surface area contributed by atoms with Crippen molar-refractivity contribution in [2.75, 3.05) is 18.0 Å². The molecule has 35 heavy (non-hydrogen) atoms. The molecule has 5 nitrogen and oxygen atoms in total. The third kappa shape index (κ3) is 6.25.